The summed E-state index contributed by atoms with van der Waals surface area (Å²) < 4.78 is 28.1. The predicted molar refractivity (Wildman–Crippen MR) is 77.9 cm³/mol. The lowest BCUT2D eigenvalue weighted by molar-refractivity contribution is 0.0685. The van der Waals surface area contributed by atoms with Gasteiger partial charge in [-0.15, -0.1) is 0 Å². The normalized spacial score (nSPS) is 15.3. The fourth-order valence-electron chi connectivity index (χ4n) is 2.04. The Hall–Kier alpha value is -1.38. The summed E-state index contributed by atoms with van der Waals surface area (Å²) in [7, 11) is -3.65. The summed E-state index contributed by atoms with van der Waals surface area (Å²) in [6.07, 6.45) is 4.46. The van der Waals surface area contributed by atoms with E-state index in [0.717, 1.165) is 6.54 Å². The Bertz CT molecular complexity index is 605. The number of aryl methyl sites for hydroxylation is 1. The third-order valence-corrected chi connectivity index (χ3v) is 4.83. The molecule has 1 heterocycles. The van der Waals surface area contributed by atoms with E-state index in [0.29, 0.717) is 25.6 Å². The van der Waals surface area contributed by atoms with E-state index in [4.69, 9.17) is 5.11 Å². The van der Waals surface area contributed by atoms with Crippen LogP contribution in [0.25, 0.3) is 0 Å². The second-order valence-electron chi connectivity index (χ2n) is 5.13. The van der Waals surface area contributed by atoms with Crippen LogP contribution in [0, 0.1) is 0 Å². The molecule has 0 radical (unpaired) electrons. The smallest absolute Gasteiger partial charge is 0.352 e. The van der Waals surface area contributed by atoms with E-state index in [-0.39, 0.29) is 10.6 Å². The molecule has 2 rings (SSSR count). The van der Waals surface area contributed by atoms with E-state index in [1.165, 1.54) is 29.7 Å². The number of hydrogen-bond donors (Lipinski definition) is 3. The van der Waals surface area contributed by atoms with Crippen molar-refractivity contribution >= 4 is 16.0 Å². The minimum Gasteiger partial charge on any atom is -0.477 e. The average Bonchev–Trinajstić information content (AvgIpc) is 3.13. The Morgan fingerprint density at radius 1 is 1.43 bits per heavy atom. The summed E-state index contributed by atoms with van der Waals surface area (Å²) in [5.41, 5.74) is -0.0201. The first kappa shape index (κ1) is 16.0. The van der Waals surface area contributed by atoms with Crippen molar-refractivity contribution in [3.8, 4) is 0 Å². The lowest BCUT2D eigenvalue weighted by Crippen LogP contribution is -2.27. The average molecular weight is 315 g/mol. The number of sulfonamides is 1. The second kappa shape index (κ2) is 6.59. The molecule has 1 aliphatic rings. The SMILES string of the molecule is CCn1cc(S(=O)(=O)NCCCNC2CC2)cc1C(=O)O. The summed E-state index contributed by atoms with van der Waals surface area (Å²) in [6, 6.07) is 1.80. The first-order valence-electron chi connectivity index (χ1n) is 7.10. The Labute approximate surface area is 124 Å². The van der Waals surface area contributed by atoms with E-state index >= 15 is 0 Å². The van der Waals surface area contributed by atoms with E-state index in [1.54, 1.807) is 6.92 Å². The molecule has 0 aromatic carbocycles. The molecule has 7 nitrogen and oxygen atoms in total. The van der Waals surface area contributed by atoms with Crippen LogP contribution in [-0.4, -0.2) is 43.2 Å². The summed E-state index contributed by atoms with van der Waals surface area (Å²) in [6.45, 7) is 3.29. The van der Waals surface area contributed by atoms with Crippen molar-refractivity contribution in [1.82, 2.24) is 14.6 Å². The minimum absolute atomic E-state index is 0.00287. The number of nitrogens with one attached hydrogen (secondary N) is 2. The number of carbonyl (C=O) groups is 1. The maximum absolute atomic E-state index is 12.1. The molecule has 8 heteroatoms. The molecule has 0 amide bonds. The molecule has 118 valence electrons. The molecule has 0 bridgehead atoms. The number of rotatable bonds is 9. The van der Waals surface area contributed by atoms with Gasteiger partial charge in [0.05, 0.1) is 0 Å². The van der Waals surface area contributed by atoms with Gasteiger partial charge in [0.2, 0.25) is 10.0 Å². The molecule has 0 unspecified atom stereocenters. The van der Waals surface area contributed by atoms with E-state index in [1.807, 2.05) is 0 Å². The largest absolute Gasteiger partial charge is 0.477 e. The monoisotopic (exact) mass is 315 g/mol. The Kier molecular flexibility index (Phi) is 5.02. The summed E-state index contributed by atoms with van der Waals surface area (Å²) >= 11 is 0. The molecular formula is C13H21N3O4S. The highest BCUT2D eigenvalue weighted by Crippen LogP contribution is 2.18. The molecular weight excluding hydrogens is 294 g/mol. The first-order chi connectivity index (χ1) is 9.94. The van der Waals surface area contributed by atoms with E-state index in [9.17, 15) is 13.2 Å². The zero-order valence-electron chi connectivity index (χ0n) is 12.0. The van der Waals surface area contributed by atoms with Crippen LogP contribution in [0.1, 0.15) is 36.7 Å². The third-order valence-electron chi connectivity index (χ3n) is 3.40. The van der Waals surface area contributed by atoms with Gasteiger partial charge in [0, 0.05) is 25.3 Å². The quantitative estimate of drug-likeness (QED) is 0.580. The standard InChI is InChI=1S/C13H21N3O4S/c1-2-16-9-11(8-12(16)13(17)18)21(19,20)15-7-3-6-14-10-4-5-10/h8-10,14-15H,2-7H2,1H3,(H,17,18). The molecule has 1 aromatic rings. The van der Waals surface area contributed by atoms with Gasteiger partial charge in [-0.3, -0.25) is 0 Å². The van der Waals surface area contributed by atoms with Gasteiger partial charge in [0.15, 0.2) is 0 Å². The van der Waals surface area contributed by atoms with Crippen molar-refractivity contribution in [2.45, 2.75) is 43.7 Å². The number of carboxylic acids is 1. The van der Waals surface area contributed by atoms with Crippen LogP contribution in [0.5, 0.6) is 0 Å². The van der Waals surface area contributed by atoms with Gasteiger partial charge in [0.25, 0.3) is 0 Å². The van der Waals surface area contributed by atoms with Crippen LogP contribution in [0.15, 0.2) is 17.2 Å². The maximum atomic E-state index is 12.1. The van der Waals surface area contributed by atoms with Gasteiger partial charge < -0.3 is 15.0 Å². The zero-order chi connectivity index (χ0) is 15.5. The molecule has 0 saturated heterocycles. The summed E-state index contributed by atoms with van der Waals surface area (Å²) in [5, 5.41) is 12.3. The highest BCUT2D eigenvalue weighted by molar-refractivity contribution is 7.89. The number of aromatic carboxylic acids is 1. The lowest BCUT2D eigenvalue weighted by Gasteiger charge is -2.05. The van der Waals surface area contributed by atoms with Crippen molar-refractivity contribution in [2.24, 2.45) is 0 Å². The molecule has 1 saturated carbocycles. The summed E-state index contributed by atoms with van der Waals surface area (Å²) in [5.74, 6) is -1.13. The van der Waals surface area contributed by atoms with Crippen molar-refractivity contribution in [3.63, 3.8) is 0 Å². The van der Waals surface area contributed by atoms with Gasteiger partial charge in [-0.05, 0) is 38.8 Å². The van der Waals surface area contributed by atoms with Crippen LogP contribution in [-0.2, 0) is 16.6 Å². The van der Waals surface area contributed by atoms with Gasteiger partial charge in [0.1, 0.15) is 10.6 Å². The highest BCUT2D eigenvalue weighted by atomic mass is 32.2. The lowest BCUT2D eigenvalue weighted by atomic mass is 10.4. The molecule has 1 aromatic heterocycles. The Morgan fingerprint density at radius 2 is 2.14 bits per heavy atom. The van der Waals surface area contributed by atoms with Crippen molar-refractivity contribution < 1.29 is 18.3 Å². The fraction of sp³-hybridized carbons (Fsp3) is 0.615. The Balaban J connectivity index is 1.92. The van der Waals surface area contributed by atoms with Gasteiger partial charge in [-0.25, -0.2) is 17.9 Å². The van der Waals surface area contributed by atoms with Crippen LogP contribution in [0.2, 0.25) is 0 Å². The first-order valence-corrected chi connectivity index (χ1v) is 8.59. The van der Waals surface area contributed by atoms with Crippen LogP contribution in [0.3, 0.4) is 0 Å². The third kappa shape index (κ3) is 4.29. The molecule has 21 heavy (non-hydrogen) atoms. The van der Waals surface area contributed by atoms with Crippen LogP contribution >= 0.6 is 0 Å². The Morgan fingerprint density at radius 3 is 2.67 bits per heavy atom. The maximum Gasteiger partial charge on any atom is 0.352 e. The molecule has 1 fully saturated rings. The van der Waals surface area contributed by atoms with E-state index in [2.05, 4.69) is 10.0 Å². The number of nitrogens with zero attached hydrogens (tertiary/aromatic N) is 1. The van der Waals surface area contributed by atoms with Gasteiger partial charge in [-0.1, -0.05) is 0 Å². The van der Waals surface area contributed by atoms with Crippen molar-refractivity contribution in [3.05, 3.63) is 18.0 Å². The minimum atomic E-state index is -3.65. The van der Waals surface area contributed by atoms with E-state index < -0.39 is 16.0 Å². The number of carboxylic acid groups (broad SMARTS) is 1. The van der Waals surface area contributed by atoms with Crippen LogP contribution < -0.4 is 10.0 Å². The molecule has 0 spiro atoms. The zero-order valence-corrected chi connectivity index (χ0v) is 12.8. The molecule has 0 aliphatic heterocycles. The molecule has 3 N–H and O–H groups in total. The van der Waals surface area contributed by atoms with Crippen molar-refractivity contribution in [1.29, 1.82) is 0 Å². The number of aromatic nitrogens is 1. The second-order valence-corrected chi connectivity index (χ2v) is 6.90. The fourth-order valence-corrected chi connectivity index (χ4v) is 3.16. The predicted octanol–water partition coefficient (Wildman–Crippen LogP) is 0.627. The topological polar surface area (TPSA) is 100 Å². The molecule has 1 aliphatic carbocycles. The highest BCUT2D eigenvalue weighted by Gasteiger charge is 2.21. The summed E-state index contributed by atoms with van der Waals surface area (Å²) in [4.78, 5) is 11.0. The molecule has 0 atom stereocenters. The number of hydrogen-bond acceptors (Lipinski definition) is 4. The van der Waals surface area contributed by atoms with Crippen LogP contribution in [0.4, 0.5) is 0 Å². The van der Waals surface area contributed by atoms with Crippen molar-refractivity contribution in [2.75, 3.05) is 13.1 Å². The van der Waals surface area contributed by atoms with Gasteiger partial charge in [-0.2, -0.15) is 0 Å². The van der Waals surface area contributed by atoms with Gasteiger partial charge >= 0.3 is 5.97 Å².